The smallest absolute Gasteiger partial charge is 0.342 e. The van der Waals surface area contributed by atoms with Crippen LogP contribution in [0.4, 0.5) is 17.6 Å². The van der Waals surface area contributed by atoms with Crippen molar-refractivity contribution in [2.75, 3.05) is 26.2 Å². The van der Waals surface area contributed by atoms with E-state index in [2.05, 4.69) is 29.8 Å². The lowest BCUT2D eigenvalue weighted by atomic mass is 10.0. The molecule has 3 aromatic heterocycles. The molecule has 1 aromatic carbocycles. The number of H-pyrrole nitrogens is 1. The summed E-state index contributed by atoms with van der Waals surface area (Å²) in [4.78, 5) is 36.0. The van der Waals surface area contributed by atoms with Gasteiger partial charge in [-0.05, 0) is 42.2 Å². The molecule has 5 rings (SSSR count). The number of benzene rings is 1. The van der Waals surface area contributed by atoms with Crippen LogP contribution in [-0.4, -0.2) is 73.0 Å². The van der Waals surface area contributed by atoms with Crippen molar-refractivity contribution in [1.29, 1.82) is 0 Å². The molecule has 1 aliphatic heterocycles. The standard InChI is InChI=1S/C29H31F4N7O/c1-18(2)11-24-27(30)28(36-17-35-24)20-3-4-22-23(13-20)38-25(37-22)14-21-12-19(5-6-34-21)16-39-7-9-40(10-8-39)26(41)15-29(31,32)33/h3-6,12-13,17-18H,7-11,14-16H2,1-2H3,(H,37,38). The molecule has 8 nitrogen and oxygen atoms in total. The molecule has 1 amide bonds. The van der Waals surface area contributed by atoms with E-state index in [1.165, 1.54) is 11.2 Å². The van der Waals surface area contributed by atoms with E-state index < -0.39 is 24.3 Å². The number of amides is 1. The van der Waals surface area contributed by atoms with E-state index in [9.17, 15) is 18.0 Å². The van der Waals surface area contributed by atoms with Crippen LogP contribution in [0.15, 0.2) is 42.9 Å². The zero-order valence-electron chi connectivity index (χ0n) is 22.9. The minimum Gasteiger partial charge on any atom is -0.342 e. The number of imidazole rings is 1. The van der Waals surface area contributed by atoms with Gasteiger partial charge in [0, 0.05) is 56.6 Å². The van der Waals surface area contributed by atoms with E-state index in [1.807, 2.05) is 38.1 Å². The Hall–Kier alpha value is -3.93. The van der Waals surface area contributed by atoms with E-state index in [4.69, 9.17) is 0 Å². The Morgan fingerprint density at radius 2 is 1.83 bits per heavy atom. The number of rotatable bonds is 8. The molecule has 0 atom stereocenters. The van der Waals surface area contributed by atoms with Gasteiger partial charge >= 0.3 is 6.18 Å². The minimum atomic E-state index is -4.49. The van der Waals surface area contributed by atoms with Gasteiger partial charge in [0.05, 0.1) is 16.7 Å². The molecule has 0 spiro atoms. The lowest BCUT2D eigenvalue weighted by molar-refractivity contribution is -0.162. The number of fused-ring (bicyclic) bond motifs is 1. The van der Waals surface area contributed by atoms with E-state index in [0.717, 1.165) is 22.3 Å². The first-order valence-electron chi connectivity index (χ1n) is 13.5. The molecule has 41 heavy (non-hydrogen) atoms. The van der Waals surface area contributed by atoms with Gasteiger partial charge in [-0.3, -0.25) is 14.7 Å². The van der Waals surface area contributed by atoms with Crippen LogP contribution < -0.4 is 0 Å². The number of nitrogens with zero attached hydrogens (tertiary/aromatic N) is 6. The Kier molecular flexibility index (Phi) is 8.30. The fourth-order valence-corrected chi connectivity index (χ4v) is 5.02. The maximum atomic E-state index is 15.1. The number of alkyl halides is 3. The number of nitrogens with one attached hydrogen (secondary N) is 1. The first kappa shape index (κ1) is 28.6. The number of hydrogen-bond acceptors (Lipinski definition) is 6. The summed E-state index contributed by atoms with van der Waals surface area (Å²) in [6.45, 7) is 6.17. The van der Waals surface area contributed by atoms with Gasteiger partial charge < -0.3 is 9.88 Å². The fraction of sp³-hybridized carbons (Fsp3) is 0.414. The van der Waals surface area contributed by atoms with Crippen LogP contribution in [-0.2, 0) is 24.2 Å². The fourth-order valence-electron chi connectivity index (χ4n) is 5.02. The number of hydrogen-bond donors (Lipinski definition) is 1. The van der Waals surface area contributed by atoms with Gasteiger partial charge in [0.25, 0.3) is 0 Å². The van der Waals surface area contributed by atoms with E-state index in [0.29, 0.717) is 49.6 Å². The van der Waals surface area contributed by atoms with Gasteiger partial charge in [-0.25, -0.2) is 19.3 Å². The maximum Gasteiger partial charge on any atom is 0.397 e. The maximum absolute atomic E-state index is 15.1. The molecule has 12 heteroatoms. The topological polar surface area (TPSA) is 90.9 Å². The van der Waals surface area contributed by atoms with E-state index in [1.54, 1.807) is 12.3 Å². The first-order valence-corrected chi connectivity index (χ1v) is 13.5. The van der Waals surface area contributed by atoms with E-state index >= 15 is 4.39 Å². The molecule has 0 bridgehead atoms. The van der Waals surface area contributed by atoms with Crippen LogP contribution >= 0.6 is 0 Å². The number of carbonyl (C=O) groups is 1. The largest absolute Gasteiger partial charge is 0.397 e. The summed E-state index contributed by atoms with van der Waals surface area (Å²) in [6, 6.07) is 9.34. The van der Waals surface area contributed by atoms with Gasteiger partial charge in [-0.15, -0.1) is 0 Å². The van der Waals surface area contributed by atoms with Crippen LogP contribution in [0.5, 0.6) is 0 Å². The van der Waals surface area contributed by atoms with Crippen molar-refractivity contribution in [3.63, 3.8) is 0 Å². The monoisotopic (exact) mass is 569 g/mol. The van der Waals surface area contributed by atoms with Crippen molar-refractivity contribution in [2.24, 2.45) is 5.92 Å². The first-order chi connectivity index (χ1) is 19.5. The van der Waals surface area contributed by atoms with Crippen LogP contribution in [0.25, 0.3) is 22.3 Å². The second kappa shape index (κ2) is 11.9. The van der Waals surface area contributed by atoms with Gasteiger partial charge in [-0.2, -0.15) is 13.2 Å². The predicted octanol–water partition coefficient (Wildman–Crippen LogP) is 4.94. The molecule has 1 fully saturated rings. The molecule has 1 aliphatic rings. The van der Waals surface area contributed by atoms with Gasteiger partial charge in [-0.1, -0.05) is 19.9 Å². The van der Waals surface area contributed by atoms with Crippen molar-refractivity contribution in [1.82, 2.24) is 34.7 Å². The summed E-state index contributed by atoms with van der Waals surface area (Å²) in [5.74, 6) is -0.304. The van der Waals surface area contributed by atoms with Crippen molar-refractivity contribution in [3.8, 4) is 11.3 Å². The third kappa shape index (κ3) is 7.24. The number of aromatic nitrogens is 5. The Bertz CT molecular complexity index is 1530. The molecule has 1 N–H and O–H groups in total. The lowest BCUT2D eigenvalue weighted by Gasteiger charge is -2.35. The SMILES string of the molecule is CC(C)Cc1ncnc(-c2ccc3nc(Cc4cc(CN5CCN(C(=O)CC(F)(F)F)CC5)ccn4)[nH]c3c2)c1F. The third-order valence-corrected chi connectivity index (χ3v) is 6.98. The van der Waals surface area contributed by atoms with Crippen LogP contribution in [0.3, 0.4) is 0 Å². The van der Waals surface area contributed by atoms with Crippen LogP contribution in [0, 0.1) is 11.7 Å². The second-order valence-corrected chi connectivity index (χ2v) is 10.8. The highest BCUT2D eigenvalue weighted by Gasteiger charge is 2.34. The highest BCUT2D eigenvalue weighted by Crippen LogP contribution is 2.26. The summed E-state index contributed by atoms with van der Waals surface area (Å²) in [5, 5.41) is 0. The minimum absolute atomic E-state index is 0.258. The van der Waals surface area contributed by atoms with Crippen molar-refractivity contribution >= 4 is 16.9 Å². The quantitative estimate of drug-likeness (QED) is 0.303. The highest BCUT2D eigenvalue weighted by molar-refractivity contribution is 5.81. The van der Waals surface area contributed by atoms with Crippen LogP contribution in [0.2, 0.25) is 0 Å². The van der Waals surface area contributed by atoms with Gasteiger partial charge in [0.1, 0.15) is 24.3 Å². The molecule has 4 aromatic rings. The Balaban J connectivity index is 1.23. The average molecular weight is 570 g/mol. The normalized spacial score (nSPS) is 14.8. The number of halogens is 4. The van der Waals surface area contributed by atoms with Crippen molar-refractivity contribution < 1.29 is 22.4 Å². The van der Waals surface area contributed by atoms with Crippen LogP contribution in [0.1, 0.15) is 43.0 Å². The molecule has 0 saturated carbocycles. The molecule has 0 radical (unpaired) electrons. The summed E-state index contributed by atoms with van der Waals surface area (Å²) >= 11 is 0. The molecular formula is C29H31F4N7O. The average Bonchev–Trinajstić information content (AvgIpc) is 3.31. The number of pyridine rings is 1. The second-order valence-electron chi connectivity index (χ2n) is 10.8. The zero-order valence-corrected chi connectivity index (χ0v) is 22.9. The highest BCUT2D eigenvalue weighted by atomic mass is 19.4. The Morgan fingerprint density at radius 3 is 2.56 bits per heavy atom. The molecule has 0 aliphatic carbocycles. The summed E-state index contributed by atoms with van der Waals surface area (Å²) in [5.41, 5.74) is 4.62. The Morgan fingerprint density at radius 1 is 1.05 bits per heavy atom. The molecule has 1 saturated heterocycles. The molecular weight excluding hydrogens is 538 g/mol. The Labute approximate surface area is 234 Å². The zero-order chi connectivity index (χ0) is 29.1. The van der Waals surface area contributed by atoms with Crippen molar-refractivity contribution in [3.05, 3.63) is 71.4 Å². The predicted molar refractivity (Wildman–Crippen MR) is 145 cm³/mol. The number of piperazine rings is 1. The van der Waals surface area contributed by atoms with E-state index in [-0.39, 0.29) is 24.7 Å². The lowest BCUT2D eigenvalue weighted by Crippen LogP contribution is -2.49. The number of carbonyl (C=O) groups excluding carboxylic acids is 1. The summed E-state index contributed by atoms with van der Waals surface area (Å²) in [6.07, 6.45) is -1.80. The third-order valence-electron chi connectivity index (χ3n) is 6.98. The summed E-state index contributed by atoms with van der Waals surface area (Å²) in [7, 11) is 0. The number of aromatic amines is 1. The molecule has 0 unspecified atom stereocenters. The van der Waals surface area contributed by atoms with Gasteiger partial charge in [0.15, 0.2) is 5.82 Å². The molecule has 216 valence electrons. The molecule has 4 heterocycles. The van der Waals surface area contributed by atoms with Crippen molar-refractivity contribution in [2.45, 2.75) is 45.8 Å². The summed E-state index contributed by atoms with van der Waals surface area (Å²) < 4.78 is 52.7. The van der Waals surface area contributed by atoms with Gasteiger partial charge in [0.2, 0.25) is 5.91 Å².